The van der Waals surface area contributed by atoms with Crippen LogP contribution in [0.15, 0.2) is 47.5 Å². The Morgan fingerprint density at radius 2 is 1.88 bits per heavy atom. The Balaban J connectivity index is 1.60. The molecule has 1 amide bonds. The van der Waals surface area contributed by atoms with Crippen molar-refractivity contribution in [2.45, 2.75) is 26.6 Å². The molecule has 0 radical (unpaired) electrons. The minimum atomic E-state index is -4.60. The average Bonchev–Trinajstić information content (AvgIpc) is 3.18. The number of anilines is 1. The van der Waals surface area contributed by atoms with E-state index in [0.717, 1.165) is 40.2 Å². The third kappa shape index (κ3) is 4.44. The number of fused-ring (bicyclic) bond motifs is 1. The third-order valence-electron chi connectivity index (χ3n) is 5.05. The van der Waals surface area contributed by atoms with Crippen LogP contribution in [0.3, 0.4) is 0 Å². The van der Waals surface area contributed by atoms with Gasteiger partial charge in [-0.15, -0.1) is 5.10 Å². The molecule has 12 heteroatoms. The van der Waals surface area contributed by atoms with Crippen LogP contribution < -0.4 is 10.9 Å². The summed E-state index contributed by atoms with van der Waals surface area (Å²) in [7, 11) is 0. The van der Waals surface area contributed by atoms with Crippen molar-refractivity contribution in [2.75, 3.05) is 5.32 Å². The second-order valence-electron chi connectivity index (χ2n) is 7.36. The van der Waals surface area contributed by atoms with Gasteiger partial charge in [-0.25, -0.2) is 4.98 Å². The molecule has 2 aromatic carbocycles. The van der Waals surface area contributed by atoms with Gasteiger partial charge in [-0.1, -0.05) is 22.9 Å². The van der Waals surface area contributed by atoms with Gasteiger partial charge in [0.05, 0.1) is 22.0 Å². The monoisotopic (exact) mass is 476 g/mol. The number of aromatic nitrogens is 5. The first kappa shape index (κ1) is 22.5. The molecule has 0 unspecified atom stereocenters. The summed E-state index contributed by atoms with van der Waals surface area (Å²) in [6, 6.07) is 8.16. The summed E-state index contributed by atoms with van der Waals surface area (Å²) in [6.45, 7) is 3.39. The molecular formula is C21H16ClF3N6O2. The second kappa shape index (κ2) is 8.32. The number of benzene rings is 2. The highest BCUT2D eigenvalue weighted by Crippen LogP contribution is 2.33. The van der Waals surface area contributed by atoms with Gasteiger partial charge in [-0.3, -0.25) is 14.2 Å². The van der Waals surface area contributed by atoms with Crippen LogP contribution in [0.5, 0.6) is 0 Å². The van der Waals surface area contributed by atoms with Gasteiger partial charge in [0.25, 0.3) is 5.56 Å². The minimum absolute atomic E-state index is 0.0550. The standard InChI is InChI=1S/C21H16ClF3N6O2/c1-11-3-5-14(7-12(11)2)31-19-18(28-29-31)20(33)30(10-26-19)9-17(32)27-16-8-13(21(23,24)25)4-6-15(16)22/h3-8,10H,9H2,1-2H3,(H,27,32). The summed E-state index contributed by atoms with van der Waals surface area (Å²) in [5.41, 5.74) is 1.12. The first-order valence-electron chi connectivity index (χ1n) is 9.59. The van der Waals surface area contributed by atoms with Crippen LogP contribution in [0.2, 0.25) is 5.02 Å². The average molecular weight is 477 g/mol. The topological polar surface area (TPSA) is 94.7 Å². The van der Waals surface area contributed by atoms with Crippen molar-refractivity contribution in [3.05, 3.63) is 74.8 Å². The highest BCUT2D eigenvalue weighted by atomic mass is 35.5. The molecule has 0 fully saturated rings. The van der Waals surface area contributed by atoms with Gasteiger partial charge in [-0.05, 0) is 55.3 Å². The summed E-state index contributed by atoms with van der Waals surface area (Å²) < 4.78 is 41.2. The van der Waals surface area contributed by atoms with Crippen molar-refractivity contribution in [2.24, 2.45) is 0 Å². The zero-order valence-electron chi connectivity index (χ0n) is 17.3. The molecule has 0 saturated carbocycles. The molecule has 4 rings (SSSR count). The fourth-order valence-corrected chi connectivity index (χ4v) is 3.29. The maximum Gasteiger partial charge on any atom is 0.416 e. The van der Waals surface area contributed by atoms with Crippen molar-refractivity contribution in [3.63, 3.8) is 0 Å². The van der Waals surface area contributed by atoms with Crippen LogP contribution in [0.4, 0.5) is 18.9 Å². The SMILES string of the molecule is Cc1ccc(-n2nnc3c(=O)n(CC(=O)Nc4cc(C(F)(F)F)ccc4Cl)cnc32)cc1C. The molecule has 0 aliphatic carbocycles. The molecule has 170 valence electrons. The van der Waals surface area contributed by atoms with Crippen molar-refractivity contribution in [1.82, 2.24) is 24.5 Å². The number of rotatable bonds is 4. The Labute approximate surface area is 189 Å². The van der Waals surface area contributed by atoms with Gasteiger partial charge >= 0.3 is 6.18 Å². The van der Waals surface area contributed by atoms with Crippen molar-refractivity contribution >= 4 is 34.4 Å². The summed E-state index contributed by atoms with van der Waals surface area (Å²) in [6.07, 6.45) is -3.45. The number of halogens is 4. The van der Waals surface area contributed by atoms with E-state index in [4.69, 9.17) is 11.6 Å². The quantitative estimate of drug-likeness (QED) is 0.482. The van der Waals surface area contributed by atoms with Gasteiger partial charge in [0.1, 0.15) is 12.9 Å². The zero-order valence-corrected chi connectivity index (χ0v) is 18.1. The first-order chi connectivity index (χ1) is 15.5. The van der Waals surface area contributed by atoms with E-state index in [1.165, 1.54) is 4.68 Å². The summed E-state index contributed by atoms with van der Waals surface area (Å²) in [5, 5.41) is 10.1. The van der Waals surface area contributed by atoms with E-state index < -0.39 is 29.8 Å². The van der Waals surface area contributed by atoms with Gasteiger partial charge in [0, 0.05) is 0 Å². The van der Waals surface area contributed by atoms with E-state index in [1.54, 1.807) is 0 Å². The van der Waals surface area contributed by atoms with Crippen LogP contribution in [-0.4, -0.2) is 30.5 Å². The Morgan fingerprint density at radius 1 is 1.12 bits per heavy atom. The number of aryl methyl sites for hydroxylation is 2. The maximum absolute atomic E-state index is 12.9. The van der Waals surface area contributed by atoms with Crippen molar-refractivity contribution < 1.29 is 18.0 Å². The summed E-state index contributed by atoms with van der Waals surface area (Å²) in [4.78, 5) is 29.4. The maximum atomic E-state index is 12.9. The van der Waals surface area contributed by atoms with Crippen LogP contribution in [0.25, 0.3) is 16.9 Å². The first-order valence-corrected chi connectivity index (χ1v) is 9.97. The highest BCUT2D eigenvalue weighted by molar-refractivity contribution is 6.33. The zero-order chi connectivity index (χ0) is 23.9. The van der Waals surface area contributed by atoms with Gasteiger partial charge in [0.15, 0.2) is 11.2 Å². The number of hydrogen-bond acceptors (Lipinski definition) is 5. The lowest BCUT2D eigenvalue weighted by Gasteiger charge is -2.12. The molecule has 2 heterocycles. The Hall–Kier alpha value is -3.73. The van der Waals surface area contributed by atoms with E-state index >= 15 is 0 Å². The number of hydrogen-bond donors (Lipinski definition) is 1. The number of carbonyl (C=O) groups excluding carboxylic acids is 1. The van der Waals surface area contributed by atoms with Gasteiger partial charge in [0.2, 0.25) is 5.91 Å². The van der Waals surface area contributed by atoms with Crippen LogP contribution >= 0.6 is 11.6 Å². The minimum Gasteiger partial charge on any atom is -0.323 e. The molecule has 33 heavy (non-hydrogen) atoms. The normalized spacial score (nSPS) is 11.7. The van der Waals surface area contributed by atoms with Gasteiger partial charge < -0.3 is 5.32 Å². The Bertz CT molecular complexity index is 1440. The molecule has 0 spiro atoms. The summed E-state index contributed by atoms with van der Waals surface area (Å²) in [5.74, 6) is -0.763. The Kier molecular flexibility index (Phi) is 5.66. The molecule has 2 aromatic heterocycles. The number of nitrogens with zero attached hydrogens (tertiary/aromatic N) is 5. The van der Waals surface area contributed by atoms with Crippen molar-refractivity contribution in [3.8, 4) is 5.69 Å². The van der Waals surface area contributed by atoms with Crippen LogP contribution in [-0.2, 0) is 17.5 Å². The number of nitrogens with one attached hydrogen (secondary N) is 1. The van der Waals surface area contributed by atoms with Crippen molar-refractivity contribution in [1.29, 1.82) is 0 Å². The van der Waals surface area contributed by atoms with E-state index in [-0.39, 0.29) is 21.9 Å². The van der Waals surface area contributed by atoms with E-state index in [0.29, 0.717) is 5.69 Å². The predicted molar refractivity (Wildman–Crippen MR) is 115 cm³/mol. The molecule has 0 aliphatic heterocycles. The fraction of sp³-hybridized carbons (Fsp3) is 0.190. The smallest absolute Gasteiger partial charge is 0.323 e. The lowest BCUT2D eigenvalue weighted by atomic mass is 10.1. The molecule has 4 aromatic rings. The predicted octanol–water partition coefficient (Wildman–Crippen LogP) is 3.90. The molecule has 0 saturated heterocycles. The van der Waals surface area contributed by atoms with Gasteiger partial charge in [-0.2, -0.15) is 17.9 Å². The highest BCUT2D eigenvalue weighted by Gasteiger charge is 2.31. The van der Waals surface area contributed by atoms with Crippen LogP contribution in [0, 0.1) is 13.8 Å². The number of carbonyl (C=O) groups is 1. The lowest BCUT2D eigenvalue weighted by molar-refractivity contribution is -0.137. The Morgan fingerprint density at radius 3 is 2.58 bits per heavy atom. The molecule has 0 aliphatic rings. The molecule has 1 N–H and O–H groups in total. The van der Waals surface area contributed by atoms with E-state index in [1.807, 2.05) is 32.0 Å². The number of alkyl halides is 3. The lowest BCUT2D eigenvalue weighted by Crippen LogP contribution is -2.28. The molecular weight excluding hydrogens is 461 g/mol. The molecule has 0 atom stereocenters. The summed E-state index contributed by atoms with van der Waals surface area (Å²) >= 11 is 5.90. The molecule has 0 bridgehead atoms. The molecule has 8 nitrogen and oxygen atoms in total. The third-order valence-corrected chi connectivity index (χ3v) is 5.38. The number of amides is 1. The second-order valence-corrected chi connectivity index (χ2v) is 7.77. The fourth-order valence-electron chi connectivity index (χ4n) is 3.13. The van der Waals surface area contributed by atoms with E-state index in [2.05, 4.69) is 20.6 Å². The van der Waals surface area contributed by atoms with Crippen LogP contribution in [0.1, 0.15) is 16.7 Å². The van der Waals surface area contributed by atoms with E-state index in [9.17, 15) is 22.8 Å². The largest absolute Gasteiger partial charge is 0.416 e.